The molecule has 0 bridgehead atoms. The predicted octanol–water partition coefficient (Wildman–Crippen LogP) is 6.02. The van der Waals surface area contributed by atoms with Crippen LogP contribution in [0.1, 0.15) is 56.9 Å². The molecule has 0 N–H and O–H groups in total. The summed E-state index contributed by atoms with van der Waals surface area (Å²) < 4.78 is 0. The van der Waals surface area contributed by atoms with Gasteiger partial charge in [-0.15, -0.1) is 6.58 Å². The first-order valence-corrected chi connectivity index (χ1v) is 3.78. The first kappa shape index (κ1) is 29.2. The average molecular weight is 200 g/mol. The van der Waals surface area contributed by atoms with Gasteiger partial charge in [0.05, 0.1) is 0 Å². The molecule has 0 heteroatoms. The normalized spacial score (nSPS) is 5.79. The largest absolute Gasteiger partial charge is 0.100 e. The molecule has 0 saturated heterocycles. The topological polar surface area (TPSA) is 0 Å². The van der Waals surface area contributed by atoms with Crippen molar-refractivity contribution in [1.29, 1.82) is 0 Å². The molecule has 0 aliphatic carbocycles. The van der Waals surface area contributed by atoms with E-state index in [4.69, 9.17) is 0 Å². The number of hydrogen-bond acceptors (Lipinski definition) is 0. The van der Waals surface area contributed by atoms with Crippen molar-refractivity contribution in [1.82, 2.24) is 0 Å². The third-order valence-corrected chi connectivity index (χ3v) is 0.535. The third-order valence-electron chi connectivity index (χ3n) is 0.535. The first-order chi connectivity index (χ1) is 4.86. The first-order valence-electron chi connectivity index (χ1n) is 3.78. The van der Waals surface area contributed by atoms with Crippen molar-refractivity contribution in [2.45, 2.75) is 56.9 Å². The lowest BCUT2D eigenvalue weighted by Gasteiger charge is -1.85. The smallest absolute Gasteiger partial charge is 0.0404 e. The van der Waals surface area contributed by atoms with E-state index in [0.717, 1.165) is 5.57 Å². The standard InChI is InChI=1S/C7H12.C4H8.3CH4/c1-6(2)5-7(3)4;1-4(2)3;;;/h5H,1H2,2-4H3;1H2,2-3H3;3*1H4. The highest BCUT2D eigenvalue weighted by Gasteiger charge is 1.73. The maximum Gasteiger partial charge on any atom is -0.0404 e. The Morgan fingerprint density at radius 1 is 0.786 bits per heavy atom. The Morgan fingerprint density at radius 3 is 1.00 bits per heavy atom. The van der Waals surface area contributed by atoms with Crippen LogP contribution in [0.5, 0.6) is 0 Å². The van der Waals surface area contributed by atoms with E-state index in [1.54, 1.807) is 0 Å². The molecule has 0 atom stereocenters. The molecule has 0 rings (SSSR count). The van der Waals surface area contributed by atoms with E-state index >= 15 is 0 Å². The van der Waals surface area contributed by atoms with Gasteiger partial charge in [-0.3, -0.25) is 0 Å². The minimum atomic E-state index is 0. The summed E-state index contributed by atoms with van der Waals surface area (Å²) in [5, 5.41) is 0. The summed E-state index contributed by atoms with van der Waals surface area (Å²) in [6, 6.07) is 0. The monoisotopic (exact) mass is 200 g/mol. The molecule has 0 heterocycles. The van der Waals surface area contributed by atoms with Crippen molar-refractivity contribution in [2.24, 2.45) is 0 Å². The van der Waals surface area contributed by atoms with Crippen LogP contribution in [0.3, 0.4) is 0 Å². The summed E-state index contributed by atoms with van der Waals surface area (Å²) >= 11 is 0. The van der Waals surface area contributed by atoms with Crippen LogP contribution >= 0.6 is 0 Å². The molecule has 0 fully saturated rings. The van der Waals surface area contributed by atoms with Crippen LogP contribution in [-0.2, 0) is 0 Å². The van der Waals surface area contributed by atoms with Crippen LogP contribution < -0.4 is 0 Å². The van der Waals surface area contributed by atoms with Crippen LogP contribution in [0.2, 0.25) is 0 Å². The van der Waals surface area contributed by atoms with E-state index in [1.807, 2.05) is 20.8 Å². The molecular weight excluding hydrogens is 168 g/mol. The molecule has 0 aromatic carbocycles. The molecular formula is C14H32. The van der Waals surface area contributed by atoms with Crippen molar-refractivity contribution in [2.75, 3.05) is 0 Å². The van der Waals surface area contributed by atoms with Gasteiger partial charge in [-0.05, 0) is 34.6 Å². The fraction of sp³-hybridized carbons (Fsp3) is 0.571. The van der Waals surface area contributed by atoms with E-state index in [2.05, 4.69) is 33.1 Å². The Kier molecular flexibility index (Phi) is 37.8. The minimum absolute atomic E-state index is 0. The van der Waals surface area contributed by atoms with Crippen molar-refractivity contribution in [3.05, 3.63) is 36.0 Å². The third kappa shape index (κ3) is 113. The number of rotatable bonds is 1. The second-order valence-electron chi connectivity index (χ2n) is 3.28. The lowest BCUT2D eigenvalue weighted by molar-refractivity contribution is 1.36. The van der Waals surface area contributed by atoms with Gasteiger partial charge in [0.25, 0.3) is 0 Å². The molecule has 0 aliphatic heterocycles. The second-order valence-corrected chi connectivity index (χ2v) is 3.28. The zero-order valence-corrected chi connectivity index (χ0v) is 8.49. The number of hydrogen-bond donors (Lipinski definition) is 0. The van der Waals surface area contributed by atoms with E-state index in [9.17, 15) is 0 Å². The highest BCUT2D eigenvalue weighted by Crippen LogP contribution is 1.95. The molecule has 0 nitrogen and oxygen atoms in total. The molecule has 0 unspecified atom stereocenters. The summed E-state index contributed by atoms with van der Waals surface area (Å²) in [5.74, 6) is 0. The maximum absolute atomic E-state index is 3.72. The van der Waals surface area contributed by atoms with Crippen LogP contribution in [0, 0.1) is 0 Å². The van der Waals surface area contributed by atoms with Crippen LogP contribution in [0.25, 0.3) is 0 Å². The molecule has 0 radical (unpaired) electrons. The van der Waals surface area contributed by atoms with Gasteiger partial charge >= 0.3 is 0 Å². The van der Waals surface area contributed by atoms with Crippen molar-refractivity contribution in [3.8, 4) is 0 Å². The molecule has 0 amide bonds. The molecule has 88 valence electrons. The summed E-state index contributed by atoms with van der Waals surface area (Å²) in [5.41, 5.74) is 3.60. The Bertz CT molecular complexity index is 151. The van der Waals surface area contributed by atoms with Crippen LogP contribution in [0.15, 0.2) is 36.0 Å². The fourth-order valence-electron chi connectivity index (χ4n) is 0.493. The molecule has 0 saturated carbocycles. The lowest BCUT2D eigenvalue weighted by Crippen LogP contribution is -1.64. The highest BCUT2D eigenvalue weighted by molar-refractivity contribution is 5.15. The molecule has 0 aliphatic rings. The molecule has 14 heavy (non-hydrogen) atoms. The van der Waals surface area contributed by atoms with Gasteiger partial charge < -0.3 is 0 Å². The zero-order valence-electron chi connectivity index (χ0n) is 8.49. The Labute approximate surface area is 93.4 Å². The SMILES string of the molecule is C.C.C.C=C(C)C.C=C(C)C=C(C)C. The summed E-state index contributed by atoms with van der Waals surface area (Å²) in [6.45, 7) is 17.3. The van der Waals surface area contributed by atoms with Crippen molar-refractivity contribution < 1.29 is 0 Å². The van der Waals surface area contributed by atoms with Crippen molar-refractivity contribution >= 4 is 0 Å². The number of allylic oxidation sites excluding steroid dienone is 4. The predicted molar refractivity (Wildman–Crippen MR) is 74.9 cm³/mol. The van der Waals surface area contributed by atoms with E-state index in [1.165, 1.54) is 11.1 Å². The van der Waals surface area contributed by atoms with Gasteiger partial charge in [-0.1, -0.05) is 51.7 Å². The van der Waals surface area contributed by atoms with Gasteiger partial charge in [-0.25, -0.2) is 0 Å². The molecule has 0 spiro atoms. The van der Waals surface area contributed by atoms with Gasteiger partial charge in [0.1, 0.15) is 0 Å². The van der Waals surface area contributed by atoms with Crippen molar-refractivity contribution in [3.63, 3.8) is 0 Å². The summed E-state index contributed by atoms with van der Waals surface area (Å²) in [7, 11) is 0. The molecule has 0 aromatic heterocycles. The Morgan fingerprint density at radius 2 is 1.00 bits per heavy atom. The zero-order chi connectivity index (χ0) is 9.44. The quantitative estimate of drug-likeness (QED) is 0.358. The van der Waals surface area contributed by atoms with Gasteiger partial charge in [0.15, 0.2) is 0 Å². The highest BCUT2D eigenvalue weighted by atomic mass is 13.8. The molecule has 0 aromatic rings. The summed E-state index contributed by atoms with van der Waals surface area (Å²) in [4.78, 5) is 0. The second kappa shape index (κ2) is 18.1. The average Bonchev–Trinajstić information content (AvgIpc) is 1.56. The fourth-order valence-corrected chi connectivity index (χ4v) is 0.493. The van der Waals surface area contributed by atoms with Gasteiger partial charge in [0, 0.05) is 0 Å². The van der Waals surface area contributed by atoms with E-state index in [-0.39, 0.29) is 22.3 Å². The van der Waals surface area contributed by atoms with Gasteiger partial charge in [-0.2, -0.15) is 0 Å². The Hall–Kier alpha value is -0.780. The lowest BCUT2D eigenvalue weighted by atomic mass is 10.2. The van der Waals surface area contributed by atoms with Crippen LogP contribution in [-0.4, -0.2) is 0 Å². The summed E-state index contributed by atoms with van der Waals surface area (Å²) in [6.07, 6.45) is 2.06. The van der Waals surface area contributed by atoms with Crippen LogP contribution in [0.4, 0.5) is 0 Å². The minimum Gasteiger partial charge on any atom is -0.100 e. The van der Waals surface area contributed by atoms with E-state index in [0.29, 0.717) is 0 Å². The van der Waals surface area contributed by atoms with E-state index < -0.39 is 0 Å². The Balaban J connectivity index is -0.0000000347. The van der Waals surface area contributed by atoms with Gasteiger partial charge in [0.2, 0.25) is 0 Å². The maximum atomic E-state index is 3.72.